The molecule has 0 aliphatic carbocycles. The van der Waals surface area contributed by atoms with E-state index in [1.807, 2.05) is 36.4 Å². The Bertz CT molecular complexity index is 772. The van der Waals surface area contributed by atoms with Crippen molar-refractivity contribution in [1.29, 1.82) is 0 Å². The van der Waals surface area contributed by atoms with E-state index in [0.717, 1.165) is 30.4 Å². The fourth-order valence-electron chi connectivity index (χ4n) is 3.48. The van der Waals surface area contributed by atoms with Gasteiger partial charge in [-0.1, -0.05) is 12.1 Å². The van der Waals surface area contributed by atoms with Crippen molar-refractivity contribution in [3.05, 3.63) is 48.2 Å². The Morgan fingerprint density at radius 1 is 1.11 bits per heavy atom. The Balaban J connectivity index is 1.25. The molecule has 27 heavy (non-hydrogen) atoms. The van der Waals surface area contributed by atoms with Gasteiger partial charge in [-0.05, 0) is 43.5 Å². The molecule has 4 rings (SSSR count). The van der Waals surface area contributed by atoms with Crippen LogP contribution in [0.3, 0.4) is 0 Å². The predicted molar refractivity (Wildman–Crippen MR) is 104 cm³/mol. The fraction of sp³-hybridized carbons (Fsp3) is 0.429. The Labute approximate surface area is 159 Å². The molecule has 1 amide bonds. The van der Waals surface area contributed by atoms with Gasteiger partial charge in [0.2, 0.25) is 0 Å². The third-order valence-corrected chi connectivity index (χ3v) is 5.01. The molecule has 0 bridgehead atoms. The van der Waals surface area contributed by atoms with Crippen LogP contribution in [0.25, 0.3) is 0 Å². The van der Waals surface area contributed by atoms with Gasteiger partial charge < -0.3 is 19.7 Å². The summed E-state index contributed by atoms with van der Waals surface area (Å²) < 4.78 is 11.6. The van der Waals surface area contributed by atoms with Gasteiger partial charge in [0.15, 0.2) is 11.5 Å². The largest absolute Gasteiger partial charge is 0.486 e. The van der Waals surface area contributed by atoms with E-state index < -0.39 is 0 Å². The number of fused-ring (bicyclic) bond motifs is 1. The van der Waals surface area contributed by atoms with Crippen molar-refractivity contribution >= 4 is 11.7 Å². The molecule has 1 saturated heterocycles. The maximum absolute atomic E-state index is 12.3. The molecule has 1 aromatic carbocycles. The fourth-order valence-corrected chi connectivity index (χ4v) is 3.48. The summed E-state index contributed by atoms with van der Waals surface area (Å²) in [6.45, 7) is 3.12. The first-order chi connectivity index (χ1) is 13.3. The van der Waals surface area contributed by atoms with E-state index in [4.69, 9.17) is 9.47 Å². The Hall–Kier alpha value is -2.76. The molecule has 1 N–H and O–H groups in total. The van der Waals surface area contributed by atoms with Crippen LogP contribution in [0.2, 0.25) is 0 Å². The number of nitrogens with zero attached hydrogens (tertiary/aromatic N) is 2. The zero-order valence-corrected chi connectivity index (χ0v) is 15.4. The van der Waals surface area contributed by atoms with Crippen molar-refractivity contribution in [3.63, 3.8) is 0 Å². The molecule has 0 unspecified atom stereocenters. The van der Waals surface area contributed by atoms with Gasteiger partial charge in [-0.2, -0.15) is 0 Å². The predicted octanol–water partition coefficient (Wildman–Crippen LogP) is 3.03. The zero-order valence-electron chi connectivity index (χ0n) is 15.4. The van der Waals surface area contributed by atoms with Crippen LogP contribution < -0.4 is 19.7 Å². The van der Waals surface area contributed by atoms with Gasteiger partial charge in [0.1, 0.15) is 18.5 Å². The number of hydrogen-bond acceptors (Lipinski definition) is 5. The summed E-state index contributed by atoms with van der Waals surface area (Å²) in [5, 5.41) is 2.94. The first-order valence-corrected chi connectivity index (χ1v) is 9.67. The van der Waals surface area contributed by atoms with Gasteiger partial charge in [0.05, 0.1) is 5.56 Å². The lowest BCUT2D eigenvalue weighted by molar-refractivity contribution is 0.0812. The zero-order chi connectivity index (χ0) is 18.5. The van der Waals surface area contributed by atoms with Gasteiger partial charge >= 0.3 is 0 Å². The SMILES string of the molecule is O=C(NCC[C@@H]1COc2ccccc2O1)c1ccc(N2CCCCC2)nc1. The molecular formula is C21H25N3O3. The number of hydrogen-bond donors (Lipinski definition) is 1. The highest BCUT2D eigenvalue weighted by Crippen LogP contribution is 2.31. The van der Waals surface area contributed by atoms with Crippen LogP contribution in [0.15, 0.2) is 42.6 Å². The monoisotopic (exact) mass is 367 g/mol. The molecule has 6 heteroatoms. The molecule has 1 atom stereocenters. The highest BCUT2D eigenvalue weighted by Gasteiger charge is 2.20. The molecule has 0 radical (unpaired) electrons. The molecule has 1 fully saturated rings. The second-order valence-corrected chi connectivity index (χ2v) is 6.99. The van der Waals surface area contributed by atoms with E-state index in [0.29, 0.717) is 25.1 Å². The molecule has 0 spiro atoms. The molecule has 2 aromatic rings. The number of pyridine rings is 1. The van der Waals surface area contributed by atoms with Crippen LogP contribution in [-0.2, 0) is 0 Å². The molecule has 0 saturated carbocycles. The summed E-state index contributed by atoms with van der Waals surface area (Å²) in [5.41, 5.74) is 0.585. The number of ether oxygens (including phenoxy) is 2. The average molecular weight is 367 g/mol. The van der Waals surface area contributed by atoms with E-state index in [2.05, 4.69) is 15.2 Å². The molecule has 142 valence electrons. The first-order valence-electron chi connectivity index (χ1n) is 9.67. The van der Waals surface area contributed by atoms with Gasteiger partial charge in [-0.15, -0.1) is 0 Å². The second-order valence-electron chi connectivity index (χ2n) is 6.99. The van der Waals surface area contributed by atoms with Crippen molar-refractivity contribution in [2.45, 2.75) is 31.8 Å². The number of carbonyl (C=O) groups excluding carboxylic acids is 1. The van der Waals surface area contributed by atoms with E-state index in [1.165, 1.54) is 19.3 Å². The molecule has 2 aliphatic rings. The lowest BCUT2D eigenvalue weighted by atomic mass is 10.1. The second kappa shape index (κ2) is 8.29. The maximum Gasteiger partial charge on any atom is 0.252 e. The Kier molecular flexibility index (Phi) is 5.42. The van der Waals surface area contributed by atoms with Crippen molar-refractivity contribution < 1.29 is 14.3 Å². The van der Waals surface area contributed by atoms with E-state index in [9.17, 15) is 4.79 Å². The standard InChI is InChI=1S/C21H25N3O3/c25-21(16-8-9-20(23-14-16)24-12-4-1-5-13-24)22-11-10-17-15-26-18-6-2-3-7-19(18)27-17/h2-3,6-9,14,17H,1,4-5,10-13,15H2,(H,22,25)/t17-/m1/s1. The van der Waals surface area contributed by atoms with Gasteiger partial charge in [0.25, 0.3) is 5.91 Å². The summed E-state index contributed by atoms with van der Waals surface area (Å²) in [4.78, 5) is 19.1. The highest BCUT2D eigenvalue weighted by molar-refractivity contribution is 5.94. The molecule has 2 aliphatic heterocycles. The quantitative estimate of drug-likeness (QED) is 0.880. The third-order valence-electron chi connectivity index (χ3n) is 5.01. The van der Waals surface area contributed by atoms with Crippen LogP contribution in [0.1, 0.15) is 36.0 Å². The smallest absolute Gasteiger partial charge is 0.252 e. The minimum absolute atomic E-state index is 0.0557. The minimum Gasteiger partial charge on any atom is -0.486 e. The normalized spacial score (nSPS) is 18.8. The third kappa shape index (κ3) is 4.32. The number of aromatic nitrogens is 1. The molecule has 1 aromatic heterocycles. The van der Waals surface area contributed by atoms with Crippen LogP contribution >= 0.6 is 0 Å². The van der Waals surface area contributed by atoms with Crippen LogP contribution in [0, 0.1) is 0 Å². The minimum atomic E-state index is -0.107. The number of piperidine rings is 1. The Morgan fingerprint density at radius 3 is 2.70 bits per heavy atom. The number of benzene rings is 1. The van der Waals surface area contributed by atoms with Crippen molar-refractivity contribution in [1.82, 2.24) is 10.3 Å². The van der Waals surface area contributed by atoms with Crippen molar-refractivity contribution in [3.8, 4) is 11.5 Å². The lowest BCUT2D eigenvalue weighted by Crippen LogP contribution is -2.34. The number of rotatable bonds is 5. The molecule has 3 heterocycles. The van der Waals surface area contributed by atoms with Crippen molar-refractivity contribution in [2.24, 2.45) is 0 Å². The van der Waals surface area contributed by atoms with E-state index in [1.54, 1.807) is 6.20 Å². The number of para-hydroxylation sites is 2. The van der Waals surface area contributed by atoms with Crippen LogP contribution in [0.4, 0.5) is 5.82 Å². The molecular weight excluding hydrogens is 342 g/mol. The topological polar surface area (TPSA) is 63.7 Å². The summed E-state index contributed by atoms with van der Waals surface area (Å²) >= 11 is 0. The number of amides is 1. The van der Waals surface area contributed by atoms with Crippen molar-refractivity contribution in [2.75, 3.05) is 31.1 Å². The summed E-state index contributed by atoms with van der Waals surface area (Å²) in [5.74, 6) is 2.39. The average Bonchev–Trinajstić information content (AvgIpc) is 2.74. The van der Waals surface area contributed by atoms with Gasteiger partial charge in [0, 0.05) is 32.3 Å². The maximum atomic E-state index is 12.3. The highest BCUT2D eigenvalue weighted by atomic mass is 16.6. The van der Waals surface area contributed by atoms with E-state index >= 15 is 0 Å². The molecule has 6 nitrogen and oxygen atoms in total. The van der Waals surface area contributed by atoms with Gasteiger partial charge in [-0.25, -0.2) is 4.98 Å². The van der Waals surface area contributed by atoms with E-state index in [-0.39, 0.29) is 12.0 Å². The van der Waals surface area contributed by atoms with Crippen LogP contribution in [-0.4, -0.2) is 43.2 Å². The summed E-state index contributed by atoms with van der Waals surface area (Å²) in [6.07, 6.45) is 6.01. The van der Waals surface area contributed by atoms with Gasteiger partial charge in [-0.3, -0.25) is 4.79 Å². The summed E-state index contributed by atoms with van der Waals surface area (Å²) in [6, 6.07) is 11.4. The summed E-state index contributed by atoms with van der Waals surface area (Å²) in [7, 11) is 0. The Morgan fingerprint density at radius 2 is 1.93 bits per heavy atom. The van der Waals surface area contributed by atoms with Crippen LogP contribution in [0.5, 0.6) is 11.5 Å². The number of nitrogens with one attached hydrogen (secondary N) is 1. The first kappa shape index (κ1) is 17.6. The number of anilines is 1. The lowest BCUT2D eigenvalue weighted by Gasteiger charge is -2.27. The number of carbonyl (C=O) groups is 1.